The van der Waals surface area contributed by atoms with Gasteiger partial charge < -0.3 is 0 Å². The first kappa shape index (κ1) is 11.1. The Morgan fingerprint density at radius 3 is 2.88 bits per heavy atom. The summed E-state index contributed by atoms with van der Waals surface area (Å²) in [5.74, 6) is -1.29. The standard InChI is InChI=1S/C11H9ClO4/c1-11(10(14)16-15)5-6-4-7(12)2-3-8(6)9(11)13/h2-4,15H,5H2,1H3. The van der Waals surface area contributed by atoms with Gasteiger partial charge >= 0.3 is 5.97 Å². The molecular formula is C11H9ClO4. The second kappa shape index (κ2) is 3.57. The van der Waals surface area contributed by atoms with Crippen molar-refractivity contribution in [3.05, 3.63) is 34.3 Å². The Bertz CT molecular complexity index is 483. The molecule has 1 aliphatic carbocycles. The van der Waals surface area contributed by atoms with Gasteiger partial charge in [0.25, 0.3) is 0 Å². The molecule has 84 valence electrons. The van der Waals surface area contributed by atoms with Gasteiger partial charge in [-0.1, -0.05) is 11.6 Å². The van der Waals surface area contributed by atoms with Gasteiger partial charge in [0.2, 0.25) is 0 Å². The SMILES string of the molecule is CC1(C(=O)OO)Cc2cc(Cl)ccc2C1=O. The van der Waals surface area contributed by atoms with Crippen molar-refractivity contribution in [1.29, 1.82) is 0 Å². The molecule has 4 nitrogen and oxygen atoms in total. The highest BCUT2D eigenvalue weighted by atomic mass is 35.5. The molecule has 0 aliphatic heterocycles. The molecular weight excluding hydrogens is 232 g/mol. The number of fused-ring (bicyclic) bond motifs is 1. The van der Waals surface area contributed by atoms with Crippen LogP contribution in [0.25, 0.3) is 0 Å². The molecule has 1 atom stereocenters. The Morgan fingerprint density at radius 2 is 2.25 bits per heavy atom. The van der Waals surface area contributed by atoms with E-state index in [1.807, 2.05) is 0 Å². The summed E-state index contributed by atoms with van der Waals surface area (Å²) < 4.78 is 0. The molecule has 16 heavy (non-hydrogen) atoms. The molecule has 5 heteroatoms. The maximum absolute atomic E-state index is 12.0. The first-order valence-electron chi connectivity index (χ1n) is 4.68. The van der Waals surface area contributed by atoms with Crippen molar-refractivity contribution in [3.8, 4) is 0 Å². The van der Waals surface area contributed by atoms with Gasteiger partial charge in [-0.3, -0.25) is 9.68 Å². The Balaban J connectivity index is 2.48. The smallest absolute Gasteiger partial charge is 0.300 e. The Hall–Kier alpha value is -1.39. The summed E-state index contributed by atoms with van der Waals surface area (Å²) >= 11 is 5.80. The van der Waals surface area contributed by atoms with Crippen molar-refractivity contribution in [2.45, 2.75) is 13.3 Å². The van der Waals surface area contributed by atoms with Gasteiger partial charge in [-0.25, -0.2) is 4.79 Å². The minimum atomic E-state index is -1.35. The van der Waals surface area contributed by atoms with E-state index in [9.17, 15) is 9.59 Å². The van der Waals surface area contributed by atoms with Crippen LogP contribution in [0.2, 0.25) is 5.02 Å². The van der Waals surface area contributed by atoms with E-state index < -0.39 is 11.4 Å². The third-order valence-electron chi connectivity index (χ3n) is 2.89. The van der Waals surface area contributed by atoms with Crippen molar-refractivity contribution in [3.63, 3.8) is 0 Å². The molecule has 1 N–H and O–H groups in total. The maximum atomic E-state index is 12.0. The van der Waals surface area contributed by atoms with E-state index in [0.29, 0.717) is 16.1 Å². The molecule has 0 heterocycles. The van der Waals surface area contributed by atoms with Crippen LogP contribution in [0.5, 0.6) is 0 Å². The summed E-state index contributed by atoms with van der Waals surface area (Å²) in [6.45, 7) is 1.45. The minimum absolute atomic E-state index is 0.196. The van der Waals surface area contributed by atoms with E-state index >= 15 is 0 Å². The first-order valence-corrected chi connectivity index (χ1v) is 5.06. The third-order valence-corrected chi connectivity index (χ3v) is 3.13. The second-order valence-electron chi connectivity index (χ2n) is 4.02. The van der Waals surface area contributed by atoms with Gasteiger partial charge in [0.1, 0.15) is 5.41 Å². The fraction of sp³-hybridized carbons (Fsp3) is 0.273. The second-order valence-corrected chi connectivity index (χ2v) is 4.45. The minimum Gasteiger partial charge on any atom is -0.300 e. The predicted molar refractivity (Wildman–Crippen MR) is 56.3 cm³/mol. The van der Waals surface area contributed by atoms with Crippen LogP contribution in [-0.2, 0) is 16.1 Å². The Kier molecular flexibility index (Phi) is 2.48. The summed E-state index contributed by atoms with van der Waals surface area (Å²) in [4.78, 5) is 27.0. The van der Waals surface area contributed by atoms with Gasteiger partial charge in [0.05, 0.1) is 0 Å². The van der Waals surface area contributed by atoms with Crippen LogP contribution in [0, 0.1) is 5.41 Å². The molecule has 0 radical (unpaired) electrons. The quantitative estimate of drug-likeness (QED) is 0.464. The maximum Gasteiger partial charge on any atom is 0.355 e. The van der Waals surface area contributed by atoms with Crippen LogP contribution in [0.15, 0.2) is 18.2 Å². The van der Waals surface area contributed by atoms with Crippen LogP contribution in [0.4, 0.5) is 0 Å². The molecule has 0 fully saturated rings. The molecule has 0 aromatic heterocycles. The lowest BCUT2D eigenvalue weighted by Gasteiger charge is -2.16. The topological polar surface area (TPSA) is 63.6 Å². The monoisotopic (exact) mass is 240 g/mol. The number of Topliss-reactive ketones (excluding diaryl/α,β-unsaturated/α-hetero) is 1. The zero-order chi connectivity index (χ0) is 11.9. The van der Waals surface area contributed by atoms with Gasteiger partial charge in [0, 0.05) is 10.6 Å². The Labute approximate surface area is 96.7 Å². The summed E-state index contributed by atoms with van der Waals surface area (Å²) in [5, 5.41) is 8.89. The Morgan fingerprint density at radius 1 is 1.56 bits per heavy atom. The highest BCUT2D eigenvalue weighted by Gasteiger charge is 2.49. The molecule has 0 spiro atoms. The summed E-state index contributed by atoms with van der Waals surface area (Å²) in [7, 11) is 0. The molecule has 0 bridgehead atoms. The number of rotatable bonds is 1. The number of hydrogen-bond donors (Lipinski definition) is 1. The lowest BCUT2D eigenvalue weighted by Crippen LogP contribution is -2.35. The van der Waals surface area contributed by atoms with Crippen molar-refractivity contribution in [1.82, 2.24) is 0 Å². The normalized spacial score (nSPS) is 23.1. The van der Waals surface area contributed by atoms with Gasteiger partial charge in [-0.15, -0.1) is 0 Å². The molecule has 1 aromatic rings. The van der Waals surface area contributed by atoms with Crippen LogP contribution in [0.1, 0.15) is 22.8 Å². The van der Waals surface area contributed by atoms with Crippen molar-refractivity contribution < 1.29 is 19.7 Å². The molecule has 0 saturated heterocycles. The summed E-state index contributed by atoms with van der Waals surface area (Å²) in [5.41, 5.74) is -0.190. The molecule has 2 rings (SSSR count). The molecule has 1 unspecified atom stereocenters. The highest BCUT2D eigenvalue weighted by Crippen LogP contribution is 2.38. The highest BCUT2D eigenvalue weighted by molar-refractivity contribution is 6.31. The fourth-order valence-corrected chi connectivity index (χ4v) is 2.15. The predicted octanol–water partition coefficient (Wildman–Crippen LogP) is 2.10. The van der Waals surface area contributed by atoms with Gasteiger partial charge in [-0.2, -0.15) is 5.26 Å². The molecule has 0 amide bonds. The molecule has 0 saturated carbocycles. The third kappa shape index (κ3) is 1.42. The average molecular weight is 241 g/mol. The van der Waals surface area contributed by atoms with Gasteiger partial charge in [0.15, 0.2) is 5.78 Å². The number of benzene rings is 1. The number of hydrogen-bond acceptors (Lipinski definition) is 4. The van der Waals surface area contributed by atoms with Crippen molar-refractivity contribution in [2.75, 3.05) is 0 Å². The number of ketones is 1. The van der Waals surface area contributed by atoms with Crippen LogP contribution >= 0.6 is 11.6 Å². The van der Waals surface area contributed by atoms with Crippen molar-refractivity contribution >= 4 is 23.4 Å². The zero-order valence-corrected chi connectivity index (χ0v) is 9.25. The van der Waals surface area contributed by atoms with Crippen LogP contribution in [-0.4, -0.2) is 17.0 Å². The van der Waals surface area contributed by atoms with E-state index in [4.69, 9.17) is 16.9 Å². The molecule has 1 aromatic carbocycles. The van der Waals surface area contributed by atoms with Crippen molar-refractivity contribution in [2.24, 2.45) is 5.41 Å². The summed E-state index contributed by atoms with van der Waals surface area (Å²) in [6, 6.07) is 4.81. The van der Waals surface area contributed by atoms with E-state index in [1.54, 1.807) is 18.2 Å². The number of carbonyl (C=O) groups excluding carboxylic acids is 2. The van der Waals surface area contributed by atoms with Crippen LogP contribution < -0.4 is 0 Å². The first-order chi connectivity index (χ1) is 7.49. The number of halogens is 1. The molecule has 1 aliphatic rings. The van der Waals surface area contributed by atoms with E-state index in [1.165, 1.54) is 6.92 Å². The lowest BCUT2D eigenvalue weighted by atomic mass is 9.86. The zero-order valence-electron chi connectivity index (χ0n) is 8.49. The summed E-state index contributed by atoms with van der Waals surface area (Å²) in [6.07, 6.45) is 0.196. The average Bonchev–Trinajstić information content (AvgIpc) is 2.51. The van der Waals surface area contributed by atoms with E-state index in [0.717, 1.165) is 0 Å². The fourth-order valence-electron chi connectivity index (χ4n) is 1.95. The largest absolute Gasteiger partial charge is 0.355 e. The number of carbonyl (C=O) groups is 2. The van der Waals surface area contributed by atoms with Crippen LogP contribution in [0.3, 0.4) is 0 Å². The van der Waals surface area contributed by atoms with E-state index in [-0.39, 0.29) is 12.2 Å². The van der Waals surface area contributed by atoms with Gasteiger partial charge in [-0.05, 0) is 37.1 Å². The van der Waals surface area contributed by atoms with E-state index in [2.05, 4.69) is 4.89 Å². The lowest BCUT2D eigenvalue weighted by molar-refractivity contribution is -0.241.